The van der Waals surface area contributed by atoms with Gasteiger partial charge in [-0.2, -0.15) is 0 Å². The molecule has 3 heterocycles. The van der Waals surface area contributed by atoms with Gasteiger partial charge in [0.2, 0.25) is 11.8 Å². The molecule has 0 saturated carbocycles. The van der Waals surface area contributed by atoms with Crippen molar-refractivity contribution in [3.8, 4) is 0 Å². The van der Waals surface area contributed by atoms with Crippen LogP contribution in [0.5, 0.6) is 0 Å². The number of benzene rings is 3. The zero-order valence-electron chi connectivity index (χ0n) is 20.0. The Bertz CT molecular complexity index is 1570. The number of amides is 2. The maximum absolute atomic E-state index is 14.1. The number of halogens is 2. The summed E-state index contributed by atoms with van der Waals surface area (Å²) in [6.45, 7) is 0. The number of nitrogens with zero attached hydrogens (tertiary/aromatic N) is 2. The molecule has 2 fully saturated rings. The van der Waals surface area contributed by atoms with Gasteiger partial charge >= 0.3 is 5.97 Å². The Morgan fingerprint density at radius 3 is 2.34 bits per heavy atom. The first-order valence-corrected chi connectivity index (χ1v) is 12.7. The van der Waals surface area contributed by atoms with E-state index in [1.165, 1.54) is 31.4 Å². The zero-order valence-corrected chi connectivity index (χ0v) is 21.5. The second-order valence-corrected chi connectivity index (χ2v) is 10.2. The number of imide groups is 1. The predicted octanol–water partition coefficient (Wildman–Crippen LogP) is 5.18. The Kier molecular flexibility index (Phi) is 5.85. The molecule has 3 aromatic rings. The molecule has 0 spiro atoms. The lowest BCUT2D eigenvalue weighted by Crippen LogP contribution is -2.44. The van der Waals surface area contributed by atoms with Crippen molar-refractivity contribution in [2.24, 2.45) is 11.8 Å². The van der Waals surface area contributed by atoms with Crippen molar-refractivity contribution in [3.05, 3.63) is 105 Å². The SMILES string of the molecule is COC(=O)c1ccccc1N1C(=O)[C@@H]2[C@H](C1=O)[C@H]1c3ccccc3C=CN1[C@H]2C(=O)c1ccc(Cl)cc1Cl. The molecule has 3 aliphatic rings. The fraction of sp³-hybridized carbons (Fsp3) is 0.172. The topological polar surface area (TPSA) is 84.0 Å². The molecule has 2 saturated heterocycles. The molecule has 2 amide bonds. The van der Waals surface area contributed by atoms with Crippen molar-refractivity contribution in [2.75, 3.05) is 12.0 Å². The first-order chi connectivity index (χ1) is 18.3. The van der Waals surface area contributed by atoms with E-state index in [9.17, 15) is 19.2 Å². The van der Waals surface area contributed by atoms with Crippen molar-refractivity contribution in [3.63, 3.8) is 0 Å². The number of anilines is 1. The van der Waals surface area contributed by atoms with Gasteiger partial charge in [-0.1, -0.05) is 59.6 Å². The number of carbonyl (C=O) groups is 4. The number of carbonyl (C=O) groups excluding carboxylic acids is 4. The molecule has 0 unspecified atom stereocenters. The Morgan fingerprint density at radius 1 is 0.868 bits per heavy atom. The van der Waals surface area contributed by atoms with Crippen LogP contribution >= 0.6 is 23.2 Å². The van der Waals surface area contributed by atoms with Crippen molar-refractivity contribution < 1.29 is 23.9 Å². The second-order valence-electron chi connectivity index (χ2n) is 9.34. The Balaban J connectivity index is 1.52. The van der Waals surface area contributed by atoms with Gasteiger partial charge in [0.15, 0.2) is 5.78 Å². The molecule has 0 radical (unpaired) electrons. The van der Waals surface area contributed by atoms with Gasteiger partial charge in [-0.15, -0.1) is 0 Å². The third-order valence-corrected chi connectivity index (χ3v) is 8.02. The lowest BCUT2D eigenvalue weighted by atomic mass is 9.83. The molecular formula is C29H20Cl2N2O5. The number of para-hydroxylation sites is 1. The van der Waals surface area contributed by atoms with Crippen LogP contribution in [0.4, 0.5) is 5.69 Å². The van der Waals surface area contributed by atoms with E-state index in [2.05, 4.69) is 0 Å². The van der Waals surface area contributed by atoms with Crippen molar-refractivity contribution in [1.29, 1.82) is 0 Å². The molecule has 6 rings (SSSR count). The average molecular weight is 547 g/mol. The van der Waals surface area contributed by atoms with Crippen LogP contribution < -0.4 is 4.90 Å². The summed E-state index contributed by atoms with van der Waals surface area (Å²) in [5.41, 5.74) is 2.17. The number of esters is 1. The monoisotopic (exact) mass is 546 g/mol. The van der Waals surface area contributed by atoms with E-state index in [1.54, 1.807) is 29.3 Å². The fourth-order valence-corrected chi connectivity index (χ4v) is 6.40. The number of methoxy groups -OCH3 is 1. The van der Waals surface area contributed by atoms with Gasteiger partial charge < -0.3 is 9.64 Å². The highest BCUT2D eigenvalue weighted by Gasteiger charge is 2.64. The second kappa shape index (κ2) is 9.11. The fourth-order valence-electron chi connectivity index (χ4n) is 5.89. The number of Topliss-reactive ketones (excluding diaryl/α,β-unsaturated/α-hetero) is 1. The first-order valence-electron chi connectivity index (χ1n) is 11.9. The summed E-state index contributed by atoms with van der Waals surface area (Å²) in [5.74, 6) is -3.97. The van der Waals surface area contributed by atoms with Crippen LogP contribution in [0.1, 0.15) is 37.9 Å². The predicted molar refractivity (Wildman–Crippen MR) is 142 cm³/mol. The van der Waals surface area contributed by atoms with E-state index < -0.39 is 47.5 Å². The standard InChI is InChI=1S/C29H20Cl2N2O5/c1-38-29(37)19-8-4-5-9-21(19)33-27(35)22-23(28(33)36)25(26(34)18-11-10-16(30)14-20(18)31)32-13-12-15-6-2-3-7-17(15)24(22)32/h2-14,22-25H,1H3/t22-,23+,24+,25+/m0/s1. The third kappa shape index (κ3) is 3.50. The molecule has 3 aromatic carbocycles. The van der Waals surface area contributed by atoms with Crippen LogP contribution in [-0.2, 0) is 14.3 Å². The van der Waals surface area contributed by atoms with Crippen LogP contribution in [0.15, 0.2) is 72.9 Å². The highest BCUT2D eigenvalue weighted by Crippen LogP contribution is 2.54. The molecular weight excluding hydrogens is 527 g/mol. The van der Waals surface area contributed by atoms with E-state index in [1.807, 2.05) is 30.3 Å². The smallest absolute Gasteiger partial charge is 0.339 e. The molecule has 3 aliphatic heterocycles. The van der Waals surface area contributed by atoms with Crippen molar-refractivity contribution in [1.82, 2.24) is 4.90 Å². The minimum Gasteiger partial charge on any atom is -0.465 e. The number of ether oxygens (including phenoxy) is 1. The summed E-state index contributed by atoms with van der Waals surface area (Å²) in [5, 5.41) is 0.534. The number of fused-ring (bicyclic) bond motifs is 5. The van der Waals surface area contributed by atoms with Gasteiger partial charge in [0.05, 0.1) is 41.3 Å². The van der Waals surface area contributed by atoms with Gasteiger partial charge in [-0.25, -0.2) is 9.69 Å². The average Bonchev–Trinajstić information content (AvgIpc) is 3.40. The normalized spacial score (nSPS) is 23.2. The van der Waals surface area contributed by atoms with Crippen LogP contribution in [-0.4, -0.2) is 41.6 Å². The van der Waals surface area contributed by atoms with Crippen LogP contribution in [0.3, 0.4) is 0 Å². The van der Waals surface area contributed by atoms with E-state index in [4.69, 9.17) is 27.9 Å². The highest BCUT2D eigenvalue weighted by molar-refractivity contribution is 6.37. The summed E-state index contributed by atoms with van der Waals surface area (Å²) in [7, 11) is 1.23. The molecule has 0 aliphatic carbocycles. The van der Waals surface area contributed by atoms with E-state index in [-0.39, 0.29) is 21.8 Å². The van der Waals surface area contributed by atoms with E-state index >= 15 is 0 Å². The summed E-state index contributed by atoms with van der Waals surface area (Å²) in [6, 6.07) is 16.9. The lowest BCUT2D eigenvalue weighted by Gasteiger charge is -2.35. The number of ketones is 1. The molecule has 38 heavy (non-hydrogen) atoms. The summed E-state index contributed by atoms with van der Waals surface area (Å²) >= 11 is 12.5. The van der Waals surface area contributed by atoms with E-state index in [0.29, 0.717) is 5.02 Å². The van der Waals surface area contributed by atoms with Gasteiger partial charge in [0.25, 0.3) is 0 Å². The minimum absolute atomic E-state index is 0.0843. The van der Waals surface area contributed by atoms with Crippen LogP contribution in [0.2, 0.25) is 10.0 Å². The number of hydrogen-bond acceptors (Lipinski definition) is 6. The molecule has 9 heteroatoms. The van der Waals surface area contributed by atoms with Gasteiger partial charge in [-0.05, 0) is 47.5 Å². The lowest BCUT2D eigenvalue weighted by molar-refractivity contribution is -0.123. The molecule has 0 N–H and O–H groups in total. The van der Waals surface area contributed by atoms with Gasteiger partial charge in [0, 0.05) is 16.8 Å². The number of rotatable bonds is 4. The van der Waals surface area contributed by atoms with E-state index in [0.717, 1.165) is 16.0 Å². The quantitative estimate of drug-likeness (QED) is 0.255. The highest BCUT2D eigenvalue weighted by atomic mass is 35.5. The Morgan fingerprint density at radius 2 is 1.58 bits per heavy atom. The maximum atomic E-state index is 14.1. The maximum Gasteiger partial charge on any atom is 0.339 e. The molecule has 4 atom stereocenters. The Labute approximate surface area is 228 Å². The molecule has 190 valence electrons. The van der Waals surface area contributed by atoms with Gasteiger partial charge in [0.1, 0.15) is 6.04 Å². The van der Waals surface area contributed by atoms with Crippen molar-refractivity contribution in [2.45, 2.75) is 12.1 Å². The van der Waals surface area contributed by atoms with Crippen LogP contribution in [0, 0.1) is 11.8 Å². The summed E-state index contributed by atoms with van der Waals surface area (Å²) in [4.78, 5) is 57.6. The third-order valence-electron chi connectivity index (χ3n) is 7.48. The summed E-state index contributed by atoms with van der Waals surface area (Å²) < 4.78 is 4.89. The van der Waals surface area contributed by atoms with Gasteiger partial charge in [-0.3, -0.25) is 14.4 Å². The molecule has 0 bridgehead atoms. The molecule has 7 nitrogen and oxygen atoms in total. The van der Waals surface area contributed by atoms with Crippen LogP contribution in [0.25, 0.3) is 6.08 Å². The summed E-state index contributed by atoms with van der Waals surface area (Å²) in [6.07, 6.45) is 3.64. The Hall–Kier alpha value is -3.94. The largest absolute Gasteiger partial charge is 0.465 e. The zero-order chi connectivity index (χ0) is 26.7. The number of hydrogen-bond donors (Lipinski definition) is 0. The molecule has 0 aromatic heterocycles. The van der Waals surface area contributed by atoms with Crippen molar-refractivity contribution >= 4 is 58.5 Å². The first kappa shape index (κ1) is 24.4. The minimum atomic E-state index is -1.01.